The third kappa shape index (κ3) is 3.37. The van der Waals surface area contributed by atoms with Gasteiger partial charge in [-0.25, -0.2) is 4.79 Å². The SMILES string of the molecule is CC1CCC(N(C(=O)c2ccc(N3CCNC3=O)cc2)C2CC2)CC1. The smallest absolute Gasteiger partial charge is 0.321 e. The van der Waals surface area contributed by atoms with E-state index in [0.717, 1.165) is 42.9 Å². The number of nitrogens with zero attached hydrogens (tertiary/aromatic N) is 2. The van der Waals surface area contributed by atoms with Crippen LogP contribution in [0.15, 0.2) is 24.3 Å². The molecular weight excluding hydrogens is 314 g/mol. The van der Waals surface area contributed by atoms with Gasteiger partial charge >= 0.3 is 6.03 Å². The van der Waals surface area contributed by atoms with Gasteiger partial charge in [-0.05, 0) is 68.7 Å². The molecule has 0 atom stereocenters. The lowest BCUT2D eigenvalue weighted by Gasteiger charge is -2.36. The molecule has 3 fully saturated rings. The van der Waals surface area contributed by atoms with Crippen LogP contribution >= 0.6 is 0 Å². The Bertz CT molecular complexity index is 645. The molecule has 3 amide bonds. The largest absolute Gasteiger partial charge is 0.336 e. The highest BCUT2D eigenvalue weighted by Gasteiger charge is 2.38. The molecule has 0 unspecified atom stereocenters. The van der Waals surface area contributed by atoms with Crippen molar-refractivity contribution in [2.75, 3.05) is 18.0 Å². The van der Waals surface area contributed by atoms with Crippen LogP contribution in [0.2, 0.25) is 0 Å². The number of nitrogens with one attached hydrogen (secondary N) is 1. The van der Waals surface area contributed by atoms with Gasteiger partial charge in [0.2, 0.25) is 0 Å². The highest BCUT2D eigenvalue weighted by Crippen LogP contribution is 2.36. The number of anilines is 1. The number of carbonyl (C=O) groups excluding carboxylic acids is 2. The van der Waals surface area contributed by atoms with E-state index in [1.54, 1.807) is 4.90 Å². The van der Waals surface area contributed by atoms with E-state index < -0.39 is 0 Å². The molecule has 1 aliphatic heterocycles. The molecule has 0 spiro atoms. The first-order valence-corrected chi connectivity index (χ1v) is 9.61. The zero-order valence-electron chi connectivity index (χ0n) is 14.9. The van der Waals surface area contributed by atoms with Crippen molar-refractivity contribution in [2.45, 2.75) is 57.5 Å². The van der Waals surface area contributed by atoms with Crippen LogP contribution in [0.4, 0.5) is 10.5 Å². The van der Waals surface area contributed by atoms with E-state index in [0.29, 0.717) is 25.2 Å². The predicted octanol–water partition coefficient (Wildman–Crippen LogP) is 3.40. The van der Waals surface area contributed by atoms with Gasteiger partial charge in [0.1, 0.15) is 0 Å². The molecule has 1 saturated heterocycles. The molecule has 4 rings (SSSR count). The minimum Gasteiger partial charge on any atom is -0.336 e. The Morgan fingerprint density at radius 3 is 2.16 bits per heavy atom. The Hall–Kier alpha value is -2.04. The molecule has 5 heteroatoms. The van der Waals surface area contributed by atoms with E-state index >= 15 is 0 Å². The molecular formula is C20H27N3O2. The van der Waals surface area contributed by atoms with Crippen molar-refractivity contribution in [3.05, 3.63) is 29.8 Å². The van der Waals surface area contributed by atoms with Crippen LogP contribution < -0.4 is 10.2 Å². The van der Waals surface area contributed by atoms with Crippen molar-refractivity contribution in [3.8, 4) is 0 Å². The number of carbonyl (C=O) groups is 2. The summed E-state index contributed by atoms with van der Waals surface area (Å²) in [4.78, 5) is 28.8. The number of urea groups is 1. The van der Waals surface area contributed by atoms with Crippen LogP contribution in [0.5, 0.6) is 0 Å². The summed E-state index contributed by atoms with van der Waals surface area (Å²) < 4.78 is 0. The monoisotopic (exact) mass is 341 g/mol. The maximum Gasteiger partial charge on any atom is 0.321 e. The number of amides is 3. The highest BCUT2D eigenvalue weighted by molar-refractivity contribution is 5.97. The maximum absolute atomic E-state index is 13.1. The number of hydrogen-bond donors (Lipinski definition) is 1. The second kappa shape index (κ2) is 6.70. The van der Waals surface area contributed by atoms with Crippen molar-refractivity contribution >= 4 is 17.6 Å². The highest BCUT2D eigenvalue weighted by atomic mass is 16.2. The lowest BCUT2D eigenvalue weighted by atomic mass is 9.86. The third-order valence-corrected chi connectivity index (χ3v) is 5.84. The molecule has 134 valence electrons. The second-order valence-electron chi connectivity index (χ2n) is 7.79. The maximum atomic E-state index is 13.1. The van der Waals surface area contributed by atoms with Crippen molar-refractivity contribution in [1.29, 1.82) is 0 Å². The Morgan fingerprint density at radius 2 is 1.64 bits per heavy atom. The van der Waals surface area contributed by atoms with E-state index in [-0.39, 0.29) is 11.9 Å². The Morgan fingerprint density at radius 1 is 1.04 bits per heavy atom. The van der Waals surface area contributed by atoms with Crippen molar-refractivity contribution in [2.24, 2.45) is 5.92 Å². The molecule has 25 heavy (non-hydrogen) atoms. The summed E-state index contributed by atoms with van der Waals surface area (Å²) in [6.45, 7) is 3.67. The summed E-state index contributed by atoms with van der Waals surface area (Å²) in [5, 5.41) is 2.81. The quantitative estimate of drug-likeness (QED) is 0.912. The van der Waals surface area contributed by atoms with Crippen LogP contribution in [-0.2, 0) is 0 Å². The fourth-order valence-corrected chi connectivity index (χ4v) is 4.15. The molecule has 1 aromatic rings. The van der Waals surface area contributed by atoms with Crippen molar-refractivity contribution < 1.29 is 9.59 Å². The van der Waals surface area contributed by atoms with Gasteiger partial charge in [0.05, 0.1) is 0 Å². The number of hydrogen-bond acceptors (Lipinski definition) is 2. The standard InChI is InChI=1S/C20H27N3O2/c1-14-2-6-17(7-3-14)23(18-10-11-18)19(24)15-4-8-16(9-5-15)22-13-12-21-20(22)25/h4-5,8-9,14,17-18H,2-3,6-7,10-13H2,1H3,(H,21,25). The number of benzene rings is 1. The lowest BCUT2D eigenvalue weighted by molar-refractivity contribution is 0.0593. The van der Waals surface area contributed by atoms with Crippen LogP contribution in [0, 0.1) is 5.92 Å². The predicted molar refractivity (Wildman–Crippen MR) is 97.8 cm³/mol. The van der Waals surface area contributed by atoms with Gasteiger partial charge in [0, 0.05) is 36.4 Å². The van der Waals surface area contributed by atoms with E-state index in [9.17, 15) is 9.59 Å². The van der Waals surface area contributed by atoms with Gasteiger partial charge in [-0.2, -0.15) is 0 Å². The summed E-state index contributed by atoms with van der Waals surface area (Å²) in [6.07, 6.45) is 7.01. The van der Waals surface area contributed by atoms with Gasteiger partial charge < -0.3 is 10.2 Å². The summed E-state index contributed by atoms with van der Waals surface area (Å²) >= 11 is 0. The first-order valence-electron chi connectivity index (χ1n) is 9.61. The Balaban J connectivity index is 1.49. The summed E-state index contributed by atoms with van der Waals surface area (Å²) in [5.41, 5.74) is 1.60. The zero-order chi connectivity index (χ0) is 17.4. The van der Waals surface area contributed by atoms with E-state index in [4.69, 9.17) is 0 Å². The molecule has 0 aromatic heterocycles. The van der Waals surface area contributed by atoms with Gasteiger partial charge in [0.25, 0.3) is 5.91 Å². The molecule has 2 aliphatic carbocycles. The van der Waals surface area contributed by atoms with E-state index in [1.807, 2.05) is 24.3 Å². The van der Waals surface area contributed by atoms with Crippen molar-refractivity contribution in [3.63, 3.8) is 0 Å². The molecule has 1 N–H and O–H groups in total. The van der Waals surface area contributed by atoms with Gasteiger partial charge in [-0.1, -0.05) is 6.92 Å². The average molecular weight is 341 g/mol. The second-order valence-corrected chi connectivity index (χ2v) is 7.79. The first-order chi connectivity index (χ1) is 12.1. The van der Waals surface area contributed by atoms with Crippen LogP contribution in [0.25, 0.3) is 0 Å². The topological polar surface area (TPSA) is 52.7 Å². The minimum atomic E-state index is -0.0602. The van der Waals surface area contributed by atoms with E-state index in [2.05, 4.69) is 17.1 Å². The molecule has 0 bridgehead atoms. The first kappa shape index (κ1) is 16.4. The molecule has 5 nitrogen and oxygen atoms in total. The molecule has 1 aromatic carbocycles. The molecule has 3 aliphatic rings. The van der Waals surface area contributed by atoms with Crippen molar-refractivity contribution in [1.82, 2.24) is 10.2 Å². The Labute approximate surface area is 149 Å². The van der Waals surface area contributed by atoms with Gasteiger partial charge in [0.15, 0.2) is 0 Å². The summed E-state index contributed by atoms with van der Waals surface area (Å²) in [5.74, 6) is 0.956. The normalized spacial score (nSPS) is 26.4. The summed E-state index contributed by atoms with van der Waals surface area (Å²) in [7, 11) is 0. The van der Waals surface area contributed by atoms with Crippen LogP contribution in [0.1, 0.15) is 55.8 Å². The summed E-state index contributed by atoms with van der Waals surface area (Å²) in [6, 6.07) is 8.33. The molecule has 2 saturated carbocycles. The number of rotatable bonds is 4. The third-order valence-electron chi connectivity index (χ3n) is 5.84. The average Bonchev–Trinajstić information content (AvgIpc) is 3.37. The molecule has 1 heterocycles. The lowest BCUT2D eigenvalue weighted by Crippen LogP contribution is -2.43. The zero-order valence-corrected chi connectivity index (χ0v) is 14.9. The Kier molecular flexibility index (Phi) is 4.40. The minimum absolute atomic E-state index is 0.0602. The fourth-order valence-electron chi connectivity index (χ4n) is 4.15. The molecule has 0 radical (unpaired) electrons. The van der Waals surface area contributed by atoms with Gasteiger partial charge in [-0.15, -0.1) is 0 Å². The van der Waals surface area contributed by atoms with Crippen LogP contribution in [-0.4, -0.2) is 42.0 Å². The fraction of sp³-hybridized carbons (Fsp3) is 0.600. The van der Waals surface area contributed by atoms with E-state index in [1.165, 1.54) is 12.8 Å². The van der Waals surface area contributed by atoms with Gasteiger partial charge in [-0.3, -0.25) is 9.69 Å². The van der Waals surface area contributed by atoms with Crippen LogP contribution in [0.3, 0.4) is 0 Å².